The third kappa shape index (κ3) is 4.49. The van der Waals surface area contributed by atoms with Crippen molar-refractivity contribution in [3.8, 4) is 0 Å². The van der Waals surface area contributed by atoms with Gasteiger partial charge in [-0.15, -0.1) is 11.8 Å². The maximum Gasteiger partial charge on any atom is 0.159 e. The van der Waals surface area contributed by atoms with Gasteiger partial charge in [0, 0.05) is 22.8 Å². The van der Waals surface area contributed by atoms with Gasteiger partial charge in [0.25, 0.3) is 0 Å². The van der Waals surface area contributed by atoms with Gasteiger partial charge in [0.2, 0.25) is 0 Å². The Morgan fingerprint density at radius 3 is 2.53 bits per heavy atom. The predicted molar refractivity (Wildman–Crippen MR) is 63.7 cm³/mol. The Hall–Kier alpha value is -0.800. The molecule has 1 aromatic rings. The minimum absolute atomic E-state index is 0.112. The van der Waals surface area contributed by atoms with Gasteiger partial charge in [0.1, 0.15) is 0 Å². The lowest BCUT2D eigenvalue weighted by atomic mass is 10.2. The van der Waals surface area contributed by atoms with Gasteiger partial charge in [-0.05, 0) is 26.0 Å². The normalized spacial score (nSPS) is 10.3. The predicted octanol–water partition coefficient (Wildman–Crippen LogP) is 3.02. The maximum atomic E-state index is 11.0. The summed E-state index contributed by atoms with van der Waals surface area (Å²) in [5.41, 5.74) is 0.768. The third-order valence-corrected chi connectivity index (χ3v) is 2.94. The van der Waals surface area contributed by atoms with E-state index in [4.69, 9.17) is 4.74 Å². The Morgan fingerprint density at radius 1 is 1.33 bits per heavy atom. The van der Waals surface area contributed by atoms with Crippen LogP contribution in [-0.4, -0.2) is 24.7 Å². The van der Waals surface area contributed by atoms with E-state index < -0.39 is 0 Å². The summed E-state index contributed by atoms with van der Waals surface area (Å²) in [7, 11) is 0. The molecule has 0 atom stereocenters. The second-order valence-electron chi connectivity index (χ2n) is 3.13. The van der Waals surface area contributed by atoms with Gasteiger partial charge in [0.05, 0.1) is 6.61 Å². The number of benzene rings is 1. The lowest BCUT2D eigenvalue weighted by Crippen LogP contribution is -1.96. The van der Waals surface area contributed by atoms with Crippen LogP contribution >= 0.6 is 11.8 Å². The molecule has 0 saturated heterocycles. The molecule has 3 heteroatoms. The fourth-order valence-electron chi connectivity index (χ4n) is 1.15. The van der Waals surface area contributed by atoms with Crippen LogP contribution in [-0.2, 0) is 4.74 Å². The van der Waals surface area contributed by atoms with Crippen LogP contribution in [0.1, 0.15) is 24.2 Å². The molecule has 0 bridgehead atoms. The molecule has 0 saturated carbocycles. The highest BCUT2D eigenvalue weighted by Crippen LogP contribution is 2.18. The topological polar surface area (TPSA) is 26.3 Å². The van der Waals surface area contributed by atoms with Crippen molar-refractivity contribution in [2.24, 2.45) is 0 Å². The molecule has 0 aliphatic heterocycles. The van der Waals surface area contributed by atoms with Gasteiger partial charge < -0.3 is 4.74 Å². The fourth-order valence-corrected chi connectivity index (χ4v) is 1.91. The zero-order chi connectivity index (χ0) is 11.1. The summed E-state index contributed by atoms with van der Waals surface area (Å²) in [6.45, 7) is 5.11. The van der Waals surface area contributed by atoms with Gasteiger partial charge in [-0.1, -0.05) is 12.1 Å². The van der Waals surface area contributed by atoms with E-state index in [9.17, 15) is 4.79 Å². The van der Waals surface area contributed by atoms with Crippen molar-refractivity contribution in [1.82, 2.24) is 0 Å². The first-order valence-corrected chi connectivity index (χ1v) is 6.04. The number of ether oxygens (including phenoxy) is 1. The quantitative estimate of drug-likeness (QED) is 0.422. The van der Waals surface area contributed by atoms with Crippen LogP contribution in [0.3, 0.4) is 0 Å². The Morgan fingerprint density at radius 2 is 2.00 bits per heavy atom. The third-order valence-electron chi connectivity index (χ3n) is 1.96. The molecule has 0 aromatic heterocycles. The highest BCUT2D eigenvalue weighted by atomic mass is 32.2. The molecule has 2 nitrogen and oxygen atoms in total. The molecule has 0 aliphatic carbocycles. The molecule has 0 amide bonds. The van der Waals surface area contributed by atoms with Crippen molar-refractivity contribution >= 4 is 17.5 Å². The lowest BCUT2D eigenvalue weighted by molar-refractivity contribution is 0.101. The zero-order valence-electron chi connectivity index (χ0n) is 9.16. The fraction of sp³-hybridized carbons (Fsp3) is 0.417. The maximum absolute atomic E-state index is 11.0. The Bertz CT molecular complexity index is 306. The lowest BCUT2D eigenvalue weighted by Gasteiger charge is -2.02. The van der Waals surface area contributed by atoms with Crippen molar-refractivity contribution in [2.45, 2.75) is 18.7 Å². The van der Waals surface area contributed by atoms with E-state index >= 15 is 0 Å². The van der Waals surface area contributed by atoms with Crippen molar-refractivity contribution in [3.05, 3.63) is 29.8 Å². The molecule has 0 N–H and O–H groups in total. The van der Waals surface area contributed by atoms with Gasteiger partial charge >= 0.3 is 0 Å². The van der Waals surface area contributed by atoms with Crippen LogP contribution in [0.25, 0.3) is 0 Å². The number of Topliss-reactive ketones (excluding diaryl/α,β-unsaturated/α-hetero) is 1. The first kappa shape index (κ1) is 12.3. The summed E-state index contributed by atoms with van der Waals surface area (Å²) in [6, 6.07) is 7.69. The minimum atomic E-state index is 0.112. The summed E-state index contributed by atoms with van der Waals surface area (Å²) in [6.07, 6.45) is 0. The summed E-state index contributed by atoms with van der Waals surface area (Å²) in [4.78, 5) is 12.2. The Labute approximate surface area is 95.0 Å². The van der Waals surface area contributed by atoms with E-state index in [0.717, 1.165) is 24.5 Å². The summed E-state index contributed by atoms with van der Waals surface area (Å²) in [5.74, 6) is 1.06. The molecule has 0 aliphatic rings. The first-order chi connectivity index (χ1) is 7.24. The van der Waals surface area contributed by atoms with Gasteiger partial charge in [0.15, 0.2) is 5.78 Å². The largest absolute Gasteiger partial charge is 0.381 e. The average molecular weight is 224 g/mol. The molecule has 82 valence electrons. The van der Waals surface area contributed by atoms with Crippen LogP contribution in [0.2, 0.25) is 0 Å². The second-order valence-corrected chi connectivity index (χ2v) is 4.29. The number of ketones is 1. The second kappa shape index (κ2) is 6.64. The highest BCUT2D eigenvalue weighted by molar-refractivity contribution is 7.99. The van der Waals surface area contributed by atoms with E-state index in [-0.39, 0.29) is 5.78 Å². The van der Waals surface area contributed by atoms with E-state index in [1.165, 1.54) is 4.90 Å². The van der Waals surface area contributed by atoms with Crippen LogP contribution in [0.4, 0.5) is 0 Å². The summed E-state index contributed by atoms with van der Waals surface area (Å²) >= 11 is 1.74. The van der Waals surface area contributed by atoms with Gasteiger partial charge in [-0.3, -0.25) is 4.79 Å². The zero-order valence-corrected chi connectivity index (χ0v) is 9.97. The van der Waals surface area contributed by atoms with Crippen molar-refractivity contribution in [2.75, 3.05) is 19.0 Å². The molecule has 0 unspecified atom stereocenters. The van der Waals surface area contributed by atoms with Crippen LogP contribution in [0.15, 0.2) is 29.2 Å². The van der Waals surface area contributed by atoms with E-state index in [2.05, 4.69) is 0 Å². The van der Waals surface area contributed by atoms with Gasteiger partial charge in [-0.2, -0.15) is 0 Å². The van der Waals surface area contributed by atoms with Crippen molar-refractivity contribution in [3.63, 3.8) is 0 Å². The number of thioether (sulfide) groups is 1. The molecule has 1 rings (SSSR count). The number of carbonyl (C=O) groups excluding carboxylic acids is 1. The number of hydrogen-bond acceptors (Lipinski definition) is 3. The molecule has 0 radical (unpaired) electrons. The Balaban J connectivity index is 2.39. The van der Waals surface area contributed by atoms with E-state index in [1.54, 1.807) is 18.7 Å². The number of carbonyl (C=O) groups is 1. The molecular weight excluding hydrogens is 208 g/mol. The standard InChI is InChI=1S/C12H16O2S/c1-3-14-8-9-15-12-6-4-11(5-7-12)10(2)13/h4-7H,3,8-9H2,1-2H3. The number of rotatable bonds is 6. The van der Waals surface area contributed by atoms with Crippen molar-refractivity contribution < 1.29 is 9.53 Å². The smallest absolute Gasteiger partial charge is 0.159 e. The van der Waals surface area contributed by atoms with E-state index in [0.29, 0.717) is 0 Å². The molecule has 0 spiro atoms. The van der Waals surface area contributed by atoms with Crippen LogP contribution < -0.4 is 0 Å². The van der Waals surface area contributed by atoms with Crippen molar-refractivity contribution in [1.29, 1.82) is 0 Å². The van der Waals surface area contributed by atoms with Crippen LogP contribution in [0.5, 0.6) is 0 Å². The molecule has 0 fully saturated rings. The molecule has 1 aromatic carbocycles. The molecule has 0 heterocycles. The van der Waals surface area contributed by atoms with E-state index in [1.807, 2.05) is 31.2 Å². The van der Waals surface area contributed by atoms with Crippen LogP contribution in [0, 0.1) is 0 Å². The monoisotopic (exact) mass is 224 g/mol. The summed E-state index contributed by atoms with van der Waals surface area (Å²) < 4.78 is 5.24. The number of hydrogen-bond donors (Lipinski definition) is 0. The highest BCUT2D eigenvalue weighted by Gasteiger charge is 1.99. The molecule has 15 heavy (non-hydrogen) atoms. The average Bonchev–Trinajstić information content (AvgIpc) is 2.25. The SMILES string of the molecule is CCOCCSc1ccc(C(C)=O)cc1. The summed E-state index contributed by atoms with van der Waals surface area (Å²) in [5, 5.41) is 0. The minimum Gasteiger partial charge on any atom is -0.381 e. The molecular formula is C12H16O2S. The Kier molecular flexibility index (Phi) is 5.43. The van der Waals surface area contributed by atoms with Gasteiger partial charge in [-0.25, -0.2) is 0 Å². The first-order valence-electron chi connectivity index (χ1n) is 5.05.